The zero-order chi connectivity index (χ0) is 39.6. The van der Waals surface area contributed by atoms with E-state index in [1.165, 1.54) is 21.8 Å². The number of pyridine rings is 1. The van der Waals surface area contributed by atoms with Crippen molar-refractivity contribution in [2.45, 2.75) is 0 Å². The van der Waals surface area contributed by atoms with E-state index in [0.29, 0.717) is 17.5 Å². The third-order valence-electron chi connectivity index (χ3n) is 11.5. The van der Waals surface area contributed by atoms with E-state index >= 15 is 0 Å². The predicted octanol–water partition coefficient (Wildman–Crippen LogP) is 13.8. The van der Waals surface area contributed by atoms with E-state index in [4.69, 9.17) is 24.4 Å². The largest absolute Gasteiger partial charge is 0.454 e. The topological polar surface area (TPSA) is 69.6 Å². The number of benzene rings is 8. The lowest BCUT2D eigenvalue weighted by molar-refractivity contribution is 0.669. The number of hydrogen-bond donors (Lipinski definition) is 0. The zero-order valence-corrected chi connectivity index (χ0v) is 32.2. The minimum Gasteiger partial charge on any atom is -0.454 e. The van der Waals surface area contributed by atoms with Gasteiger partial charge in [0.25, 0.3) is 0 Å². The molecule has 0 amide bonds. The molecule has 0 saturated carbocycles. The van der Waals surface area contributed by atoms with Crippen LogP contribution in [-0.4, -0.2) is 24.5 Å². The van der Waals surface area contributed by atoms with Crippen LogP contribution in [0.2, 0.25) is 0 Å². The van der Waals surface area contributed by atoms with Crippen molar-refractivity contribution >= 4 is 54.6 Å². The van der Waals surface area contributed by atoms with Gasteiger partial charge in [-0.1, -0.05) is 152 Å². The van der Waals surface area contributed by atoms with Crippen LogP contribution >= 0.6 is 0 Å². The highest BCUT2D eigenvalue weighted by molar-refractivity contribution is 6.24. The number of para-hydroxylation sites is 3. The Labute approximate surface area is 344 Å². The molecule has 0 atom stereocenters. The van der Waals surface area contributed by atoms with Crippen molar-refractivity contribution in [1.82, 2.24) is 24.5 Å². The van der Waals surface area contributed by atoms with Gasteiger partial charge in [-0.3, -0.25) is 0 Å². The number of aromatic nitrogens is 5. The molecule has 6 heteroatoms. The van der Waals surface area contributed by atoms with Crippen molar-refractivity contribution in [3.63, 3.8) is 0 Å². The summed E-state index contributed by atoms with van der Waals surface area (Å²) in [5.74, 6) is 1.80. The van der Waals surface area contributed by atoms with Crippen molar-refractivity contribution in [2.24, 2.45) is 0 Å². The Kier molecular flexibility index (Phi) is 7.74. The van der Waals surface area contributed by atoms with Crippen LogP contribution in [0.25, 0.3) is 117 Å². The molecule has 12 rings (SSSR count). The number of rotatable bonds is 6. The molecule has 0 spiro atoms. The van der Waals surface area contributed by atoms with Crippen molar-refractivity contribution in [2.75, 3.05) is 0 Å². The minimum absolute atomic E-state index is 0.588. The quantitative estimate of drug-likeness (QED) is 0.168. The van der Waals surface area contributed by atoms with Crippen LogP contribution in [0.15, 0.2) is 205 Å². The average Bonchev–Trinajstić information content (AvgIpc) is 3.88. The van der Waals surface area contributed by atoms with Crippen molar-refractivity contribution in [3.05, 3.63) is 200 Å². The summed E-state index contributed by atoms with van der Waals surface area (Å²) in [6.07, 6.45) is 0. The molecule has 0 unspecified atom stereocenters. The number of fused-ring (bicyclic) bond motifs is 8. The van der Waals surface area contributed by atoms with Crippen molar-refractivity contribution in [3.8, 4) is 62.2 Å². The first kappa shape index (κ1) is 33.9. The average molecular weight is 768 g/mol. The number of furan rings is 1. The maximum absolute atomic E-state index is 6.66. The van der Waals surface area contributed by atoms with Crippen LogP contribution in [0.5, 0.6) is 0 Å². The minimum atomic E-state index is 0.588. The summed E-state index contributed by atoms with van der Waals surface area (Å²) in [5, 5.41) is 5.67. The fourth-order valence-electron chi connectivity index (χ4n) is 8.67. The SMILES string of the molecule is c1ccc(-c2nc(-c3ccc(-c4nc5cccc(-c6ccccc6)c5c5c4oc4ccccc45)cc3)nc(-c3ccc(-n4c5ccccc5c5ccccc54)cc3)n2)cc1. The Morgan fingerprint density at radius 2 is 0.850 bits per heavy atom. The summed E-state index contributed by atoms with van der Waals surface area (Å²) in [6, 6.07) is 69.0. The van der Waals surface area contributed by atoms with E-state index < -0.39 is 0 Å². The second-order valence-corrected chi connectivity index (χ2v) is 15.0. The molecule has 0 N–H and O–H groups in total. The van der Waals surface area contributed by atoms with Gasteiger partial charge in [-0.25, -0.2) is 19.9 Å². The first-order valence-corrected chi connectivity index (χ1v) is 20.1. The molecule has 4 heterocycles. The Morgan fingerprint density at radius 1 is 0.350 bits per heavy atom. The molecule has 60 heavy (non-hydrogen) atoms. The fourth-order valence-corrected chi connectivity index (χ4v) is 8.67. The van der Waals surface area contributed by atoms with E-state index in [1.54, 1.807) is 0 Å². The van der Waals surface area contributed by atoms with E-state index in [-0.39, 0.29) is 0 Å². The predicted molar refractivity (Wildman–Crippen MR) is 244 cm³/mol. The van der Waals surface area contributed by atoms with Crippen LogP contribution in [0.4, 0.5) is 0 Å². The first-order valence-electron chi connectivity index (χ1n) is 20.1. The molecular weight excluding hydrogens is 735 g/mol. The highest BCUT2D eigenvalue weighted by atomic mass is 16.3. The van der Waals surface area contributed by atoms with E-state index in [9.17, 15) is 0 Å². The number of hydrogen-bond acceptors (Lipinski definition) is 5. The van der Waals surface area contributed by atoms with Gasteiger partial charge in [0.2, 0.25) is 0 Å². The lowest BCUT2D eigenvalue weighted by Gasteiger charge is -2.12. The van der Waals surface area contributed by atoms with E-state index in [0.717, 1.165) is 77.6 Å². The summed E-state index contributed by atoms with van der Waals surface area (Å²) >= 11 is 0. The fraction of sp³-hybridized carbons (Fsp3) is 0. The van der Waals surface area contributed by atoms with Gasteiger partial charge in [0.1, 0.15) is 11.3 Å². The summed E-state index contributed by atoms with van der Waals surface area (Å²) < 4.78 is 8.97. The molecule has 6 nitrogen and oxygen atoms in total. The molecule has 12 aromatic rings. The Balaban J connectivity index is 0.970. The highest BCUT2D eigenvalue weighted by Gasteiger charge is 2.21. The van der Waals surface area contributed by atoms with Gasteiger partial charge in [0.05, 0.1) is 16.6 Å². The lowest BCUT2D eigenvalue weighted by atomic mass is 9.95. The molecule has 280 valence electrons. The van der Waals surface area contributed by atoms with Crippen LogP contribution < -0.4 is 0 Å². The Morgan fingerprint density at radius 3 is 1.48 bits per heavy atom. The molecule has 0 fully saturated rings. The second kappa shape index (κ2) is 13.7. The zero-order valence-electron chi connectivity index (χ0n) is 32.2. The normalized spacial score (nSPS) is 11.7. The summed E-state index contributed by atoms with van der Waals surface area (Å²) in [7, 11) is 0. The number of nitrogens with zero attached hydrogens (tertiary/aromatic N) is 5. The Hall–Kier alpha value is -8.22. The van der Waals surface area contributed by atoms with Gasteiger partial charge < -0.3 is 8.98 Å². The van der Waals surface area contributed by atoms with E-state index in [2.05, 4.69) is 156 Å². The molecule has 4 aromatic heterocycles. The molecular formula is C54H33N5O. The molecule has 0 aliphatic carbocycles. The van der Waals surface area contributed by atoms with E-state index in [1.807, 2.05) is 48.5 Å². The standard InChI is InChI=1S/C54H33N5O/c1-3-14-34(15-4-1)40-21-13-22-44-48(40)49-43-20-9-12-25-47(43)60-51(49)50(55-44)35-26-28-37(29-27-35)53-56-52(36-16-5-2-6-17-36)57-54(58-53)38-30-32-39(33-31-38)59-45-23-10-7-18-41(45)42-19-8-11-24-46(42)59/h1-33H. The maximum Gasteiger partial charge on any atom is 0.164 e. The highest BCUT2D eigenvalue weighted by Crippen LogP contribution is 2.43. The summed E-state index contributed by atoms with van der Waals surface area (Å²) in [5.41, 5.74) is 12.6. The van der Waals surface area contributed by atoms with Gasteiger partial charge in [0, 0.05) is 54.9 Å². The van der Waals surface area contributed by atoms with Crippen LogP contribution in [0.3, 0.4) is 0 Å². The van der Waals surface area contributed by atoms with Gasteiger partial charge in [-0.15, -0.1) is 0 Å². The molecule has 0 bridgehead atoms. The third-order valence-corrected chi connectivity index (χ3v) is 11.5. The van der Waals surface area contributed by atoms with Gasteiger partial charge in [0.15, 0.2) is 23.1 Å². The smallest absolute Gasteiger partial charge is 0.164 e. The lowest BCUT2D eigenvalue weighted by Crippen LogP contribution is -2.00. The van der Waals surface area contributed by atoms with Gasteiger partial charge in [-0.05, 0) is 59.7 Å². The third kappa shape index (κ3) is 5.50. The van der Waals surface area contributed by atoms with Crippen LogP contribution in [0.1, 0.15) is 0 Å². The van der Waals surface area contributed by atoms with Crippen LogP contribution in [0, 0.1) is 0 Å². The van der Waals surface area contributed by atoms with Gasteiger partial charge >= 0.3 is 0 Å². The molecule has 0 aliphatic rings. The van der Waals surface area contributed by atoms with Crippen molar-refractivity contribution in [1.29, 1.82) is 0 Å². The molecule has 0 aliphatic heterocycles. The van der Waals surface area contributed by atoms with Crippen LogP contribution in [-0.2, 0) is 0 Å². The second-order valence-electron chi connectivity index (χ2n) is 15.0. The van der Waals surface area contributed by atoms with Crippen molar-refractivity contribution < 1.29 is 4.42 Å². The monoisotopic (exact) mass is 767 g/mol. The molecule has 0 saturated heterocycles. The Bertz CT molecular complexity index is 3520. The maximum atomic E-state index is 6.66. The first-order chi connectivity index (χ1) is 29.7. The van der Waals surface area contributed by atoms with Gasteiger partial charge in [-0.2, -0.15) is 0 Å². The molecule has 8 aromatic carbocycles. The summed E-state index contributed by atoms with van der Waals surface area (Å²) in [6.45, 7) is 0. The molecule has 0 radical (unpaired) electrons. The summed E-state index contributed by atoms with van der Waals surface area (Å²) in [4.78, 5) is 20.4.